The maximum Gasteiger partial charge on any atom is 0.269 e. The lowest BCUT2D eigenvalue weighted by molar-refractivity contribution is 0.0993. The van der Waals surface area contributed by atoms with E-state index >= 15 is 0 Å². The van der Waals surface area contributed by atoms with Crippen molar-refractivity contribution in [1.29, 1.82) is 0 Å². The Kier molecular flexibility index (Phi) is 1.81. The number of imidazole rings is 1. The fourth-order valence-corrected chi connectivity index (χ4v) is 1.59. The van der Waals surface area contributed by atoms with Gasteiger partial charge in [0, 0.05) is 19.6 Å². The second-order valence-electron chi connectivity index (χ2n) is 3.34. The first kappa shape index (κ1) is 8.25. The number of hydrogen-bond acceptors (Lipinski definition) is 3. The molecule has 0 spiro atoms. The van der Waals surface area contributed by atoms with Crippen LogP contribution in [0.1, 0.15) is 16.2 Å². The molecule has 0 bridgehead atoms. The highest BCUT2D eigenvalue weighted by molar-refractivity contribution is 5.91. The number of carbonyl (C=O) groups is 1. The number of primary amides is 1. The molecule has 1 aliphatic heterocycles. The van der Waals surface area contributed by atoms with Crippen molar-refractivity contribution in [2.75, 3.05) is 13.6 Å². The monoisotopic (exact) mass is 180 g/mol. The van der Waals surface area contributed by atoms with Crippen molar-refractivity contribution in [1.82, 2.24) is 14.5 Å². The predicted molar refractivity (Wildman–Crippen MR) is 47.1 cm³/mol. The number of hydrogen-bond donors (Lipinski definition) is 1. The summed E-state index contributed by atoms with van der Waals surface area (Å²) in [6.45, 7) is 2.62. The normalized spacial score (nSPS) is 17.0. The quantitative estimate of drug-likeness (QED) is 0.629. The van der Waals surface area contributed by atoms with Crippen LogP contribution in [0.2, 0.25) is 0 Å². The number of rotatable bonds is 1. The molecule has 0 aliphatic carbocycles. The number of aromatic nitrogens is 2. The Morgan fingerprint density at radius 3 is 3.08 bits per heavy atom. The smallest absolute Gasteiger partial charge is 0.269 e. The predicted octanol–water partition coefficient (Wildman–Crippen LogP) is -0.573. The Hall–Kier alpha value is -1.36. The van der Waals surface area contributed by atoms with Gasteiger partial charge in [-0.2, -0.15) is 0 Å². The second kappa shape index (κ2) is 2.85. The molecule has 1 aromatic heterocycles. The number of amides is 1. The zero-order chi connectivity index (χ0) is 9.42. The molecule has 0 aromatic carbocycles. The fourth-order valence-electron chi connectivity index (χ4n) is 1.59. The van der Waals surface area contributed by atoms with Crippen molar-refractivity contribution in [3.63, 3.8) is 0 Å². The molecule has 5 heteroatoms. The summed E-state index contributed by atoms with van der Waals surface area (Å²) in [5, 5.41) is 0. The van der Waals surface area contributed by atoms with Crippen molar-refractivity contribution >= 4 is 5.91 Å². The first-order valence-electron chi connectivity index (χ1n) is 4.21. The van der Waals surface area contributed by atoms with E-state index in [4.69, 9.17) is 5.73 Å². The summed E-state index contributed by atoms with van der Waals surface area (Å²) in [5.41, 5.74) is 6.53. The van der Waals surface area contributed by atoms with Gasteiger partial charge in [0.15, 0.2) is 0 Å². The van der Waals surface area contributed by atoms with Gasteiger partial charge in [-0.15, -0.1) is 0 Å². The highest BCUT2D eigenvalue weighted by atomic mass is 16.1. The molecule has 70 valence electrons. The molecule has 0 saturated heterocycles. The number of carbonyl (C=O) groups excluding carboxylic acids is 1. The number of nitrogens with two attached hydrogens (primary N) is 1. The number of fused-ring (bicyclic) bond motifs is 1. The van der Waals surface area contributed by atoms with Crippen LogP contribution in [-0.4, -0.2) is 34.0 Å². The summed E-state index contributed by atoms with van der Waals surface area (Å²) in [7, 11) is 2.02. The summed E-state index contributed by atoms with van der Waals surface area (Å²) in [6.07, 6.45) is 1.68. The van der Waals surface area contributed by atoms with Gasteiger partial charge in [0.25, 0.3) is 5.91 Å². The highest BCUT2D eigenvalue weighted by Gasteiger charge is 2.20. The summed E-state index contributed by atoms with van der Waals surface area (Å²) < 4.78 is 1.99. The molecule has 13 heavy (non-hydrogen) atoms. The maximum atomic E-state index is 11.0. The molecule has 2 heterocycles. The minimum absolute atomic E-state index is 0.409. The van der Waals surface area contributed by atoms with Crippen molar-refractivity contribution < 1.29 is 4.79 Å². The van der Waals surface area contributed by atoms with Crippen LogP contribution in [0.5, 0.6) is 0 Å². The van der Waals surface area contributed by atoms with Gasteiger partial charge in [-0.25, -0.2) is 4.98 Å². The van der Waals surface area contributed by atoms with Gasteiger partial charge in [0.1, 0.15) is 5.69 Å². The minimum Gasteiger partial charge on any atom is -0.364 e. The second-order valence-corrected chi connectivity index (χ2v) is 3.34. The van der Waals surface area contributed by atoms with Gasteiger partial charge in [-0.1, -0.05) is 0 Å². The lowest BCUT2D eigenvalue weighted by Crippen LogP contribution is -2.31. The number of nitrogens with zero attached hydrogens (tertiary/aromatic N) is 3. The lowest BCUT2D eigenvalue weighted by Gasteiger charge is -2.24. The summed E-state index contributed by atoms with van der Waals surface area (Å²) in [4.78, 5) is 17.1. The Balaban J connectivity index is 2.41. The lowest BCUT2D eigenvalue weighted by atomic mass is 10.2. The average molecular weight is 180 g/mol. The van der Waals surface area contributed by atoms with E-state index in [0.29, 0.717) is 5.69 Å². The molecule has 5 nitrogen and oxygen atoms in total. The van der Waals surface area contributed by atoms with Crippen LogP contribution in [0.15, 0.2) is 6.33 Å². The van der Waals surface area contributed by atoms with Crippen LogP contribution in [0.25, 0.3) is 0 Å². The molecule has 2 rings (SSSR count). The highest BCUT2D eigenvalue weighted by Crippen LogP contribution is 2.13. The van der Waals surface area contributed by atoms with E-state index in [0.717, 1.165) is 25.3 Å². The largest absolute Gasteiger partial charge is 0.364 e. The van der Waals surface area contributed by atoms with Gasteiger partial charge in [0.2, 0.25) is 0 Å². The Labute approximate surface area is 76.2 Å². The van der Waals surface area contributed by atoms with Crippen LogP contribution in [-0.2, 0) is 13.1 Å². The van der Waals surface area contributed by atoms with E-state index in [-0.39, 0.29) is 0 Å². The summed E-state index contributed by atoms with van der Waals surface area (Å²) in [5.74, 6) is -0.441. The van der Waals surface area contributed by atoms with E-state index in [1.54, 1.807) is 6.33 Å². The van der Waals surface area contributed by atoms with Crippen LogP contribution in [0.4, 0.5) is 0 Å². The molecule has 1 aliphatic rings. The first-order chi connectivity index (χ1) is 6.18. The molecule has 1 aromatic rings. The SMILES string of the molecule is CN1CCn2cnc(C(N)=O)c2C1. The van der Waals surface area contributed by atoms with Gasteiger partial charge in [-0.3, -0.25) is 9.69 Å². The van der Waals surface area contributed by atoms with Crippen molar-refractivity contribution in [2.45, 2.75) is 13.1 Å². The van der Waals surface area contributed by atoms with Gasteiger partial charge in [0.05, 0.1) is 12.0 Å². The van der Waals surface area contributed by atoms with Crippen LogP contribution >= 0.6 is 0 Å². The number of likely N-dealkylation sites (N-methyl/N-ethyl adjacent to an activating group) is 1. The first-order valence-corrected chi connectivity index (χ1v) is 4.21. The van der Waals surface area contributed by atoms with E-state index in [1.165, 1.54) is 0 Å². The van der Waals surface area contributed by atoms with E-state index in [9.17, 15) is 4.79 Å². The topological polar surface area (TPSA) is 64.2 Å². The Morgan fingerprint density at radius 1 is 1.62 bits per heavy atom. The zero-order valence-corrected chi connectivity index (χ0v) is 7.53. The van der Waals surface area contributed by atoms with Crippen molar-refractivity contribution in [3.05, 3.63) is 17.7 Å². The molecule has 0 saturated carbocycles. The van der Waals surface area contributed by atoms with Crippen LogP contribution < -0.4 is 5.73 Å². The average Bonchev–Trinajstić information content (AvgIpc) is 2.46. The van der Waals surface area contributed by atoms with Crippen LogP contribution in [0.3, 0.4) is 0 Å². The molecule has 0 radical (unpaired) electrons. The third-order valence-corrected chi connectivity index (χ3v) is 2.32. The Morgan fingerprint density at radius 2 is 2.38 bits per heavy atom. The molecule has 2 N–H and O–H groups in total. The maximum absolute atomic E-state index is 11.0. The van der Waals surface area contributed by atoms with Gasteiger partial charge < -0.3 is 10.3 Å². The standard InChI is InChI=1S/C8H12N4O/c1-11-2-3-12-5-10-7(8(9)13)6(12)4-11/h5H,2-4H2,1H3,(H2,9,13). The molecular weight excluding hydrogens is 168 g/mol. The van der Waals surface area contributed by atoms with Crippen LogP contribution in [0, 0.1) is 0 Å². The van der Waals surface area contributed by atoms with Gasteiger partial charge >= 0.3 is 0 Å². The molecule has 0 unspecified atom stereocenters. The minimum atomic E-state index is -0.441. The summed E-state index contributed by atoms with van der Waals surface area (Å²) in [6, 6.07) is 0. The van der Waals surface area contributed by atoms with Crippen molar-refractivity contribution in [3.8, 4) is 0 Å². The fraction of sp³-hybridized carbons (Fsp3) is 0.500. The molecule has 1 amide bonds. The van der Waals surface area contributed by atoms with Gasteiger partial charge in [-0.05, 0) is 7.05 Å². The molecule has 0 fully saturated rings. The van der Waals surface area contributed by atoms with E-state index in [2.05, 4.69) is 9.88 Å². The zero-order valence-electron chi connectivity index (χ0n) is 7.53. The Bertz CT molecular complexity index is 344. The van der Waals surface area contributed by atoms with E-state index < -0.39 is 5.91 Å². The molecule has 0 atom stereocenters. The molecular formula is C8H12N4O. The summed E-state index contributed by atoms with van der Waals surface area (Å²) >= 11 is 0. The van der Waals surface area contributed by atoms with E-state index in [1.807, 2.05) is 11.6 Å². The third-order valence-electron chi connectivity index (χ3n) is 2.32. The van der Waals surface area contributed by atoms with Crippen molar-refractivity contribution in [2.24, 2.45) is 5.73 Å². The third kappa shape index (κ3) is 1.31.